The maximum atomic E-state index is 12.4. The number of benzene rings is 5. The second-order valence-corrected chi connectivity index (χ2v) is 10.5. The van der Waals surface area contributed by atoms with Gasteiger partial charge in [0.2, 0.25) is 0 Å². The van der Waals surface area contributed by atoms with E-state index < -0.39 is 0 Å². The van der Waals surface area contributed by atoms with Crippen molar-refractivity contribution in [1.29, 1.82) is 0 Å². The molecule has 7 nitrogen and oxygen atoms in total. The van der Waals surface area contributed by atoms with Gasteiger partial charge in [0, 0.05) is 17.0 Å². The molecule has 1 aliphatic heterocycles. The molecule has 6 aromatic rings. The zero-order chi connectivity index (χ0) is 30.9. The SMILES string of the molecule is CCOC(=O)c1ccc(-c2cc(-c3cc(OC)cc(OC)c3)c3cccc(N4c5ccccc5Oc5ccccc54)c3n2)cc1. The number of hydrogen-bond donors (Lipinski definition) is 0. The lowest BCUT2D eigenvalue weighted by Crippen LogP contribution is -2.16. The van der Waals surface area contributed by atoms with Crippen molar-refractivity contribution >= 4 is 33.9 Å². The summed E-state index contributed by atoms with van der Waals surface area (Å²) in [5.41, 5.74) is 7.50. The monoisotopic (exact) mass is 594 g/mol. The first-order chi connectivity index (χ1) is 22.1. The van der Waals surface area contributed by atoms with E-state index in [0.717, 1.165) is 61.8 Å². The number of rotatable bonds is 7. The van der Waals surface area contributed by atoms with Crippen molar-refractivity contribution in [2.75, 3.05) is 25.7 Å². The predicted octanol–water partition coefficient (Wildman–Crippen LogP) is 9.34. The summed E-state index contributed by atoms with van der Waals surface area (Å²) < 4.78 is 22.8. The first-order valence-corrected chi connectivity index (χ1v) is 14.7. The molecule has 222 valence electrons. The van der Waals surface area contributed by atoms with Crippen LogP contribution in [0.4, 0.5) is 17.1 Å². The van der Waals surface area contributed by atoms with Gasteiger partial charge in [-0.3, -0.25) is 0 Å². The van der Waals surface area contributed by atoms with Gasteiger partial charge in [0.25, 0.3) is 0 Å². The molecule has 0 amide bonds. The number of aromatic nitrogens is 1. The molecule has 1 aliphatic rings. The van der Waals surface area contributed by atoms with Crippen LogP contribution in [0.25, 0.3) is 33.3 Å². The molecular formula is C38H30N2O5. The fraction of sp³-hybridized carbons (Fsp3) is 0.105. The lowest BCUT2D eigenvalue weighted by atomic mass is 9.96. The molecule has 7 heteroatoms. The number of carbonyl (C=O) groups is 1. The van der Waals surface area contributed by atoms with E-state index in [1.54, 1.807) is 33.3 Å². The van der Waals surface area contributed by atoms with Crippen LogP contribution in [0.1, 0.15) is 17.3 Å². The zero-order valence-electron chi connectivity index (χ0n) is 25.1. The smallest absolute Gasteiger partial charge is 0.338 e. The standard InChI is InChI=1S/C38H30N2O5/c1-4-44-38(41)25-18-16-24(17-19-25)31-23-30(26-20-27(42-2)22-28(21-26)43-3)29-10-9-13-34(37(29)39-31)40-32-11-5-7-14-35(32)45-36-15-8-6-12-33(36)40/h5-23H,4H2,1-3H3. The maximum Gasteiger partial charge on any atom is 0.338 e. The number of esters is 1. The van der Waals surface area contributed by atoms with E-state index in [2.05, 4.69) is 41.3 Å². The Labute approximate surface area is 261 Å². The summed E-state index contributed by atoms with van der Waals surface area (Å²) in [7, 11) is 3.29. The quantitative estimate of drug-likeness (QED) is 0.170. The van der Waals surface area contributed by atoms with E-state index in [9.17, 15) is 4.79 Å². The molecule has 0 spiro atoms. The van der Waals surface area contributed by atoms with Gasteiger partial charge in [-0.2, -0.15) is 0 Å². The molecule has 7 rings (SSSR count). The van der Waals surface area contributed by atoms with Gasteiger partial charge < -0.3 is 23.8 Å². The Hall–Kier alpha value is -5.82. The average molecular weight is 595 g/mol. The van der Waals surface area contributed by atoms with Crippen LogP contribution in [0, 0.1) is 0 Å². The third-order valence-electron chi connectivity index (χ3n) is 7.85. The summed E-state index contributed by atoms with van der Waals surface area (Å²) in [6.07, 6.45) is 0. The fourth-order valence-electron chi connectivity index (χ4n) is 5.72. The van der Waals surface area contributed by atoms with Gasteiger partial charge in [0.1, 0.15) is 11.5 Å². The molecule has 0 radical (unpaired) electrons. The van der Waals surface area contributed by atoms with E-state index in [1.165, 1.54) is 0 Å². The van der Waals surface area contributed by atoms with Crippen LogP contribution < -0.4 is 19.1 Å². The second-order valence-electron chi connectivity index (χ2n) is 10.5. The largest absolute Gasteiger partial charge is 0.497 e. The number of hydrogen-bond acceptors (Lipinski definition) is 7. The van der Waals surface area contributed by atoms with Crippen LogP contribution in [0.15, 0.2) is 115 Å². The average Bonchev–Trinajstić information content (AvgIpc) is 3.09. The fourth-order valence-corrected chi connectivity index (χ4v) is 5.72. The molecule has 0 N–H and O–H groups in total. The minimum atomic E-state index is -0.355. The molecular weight excluding hydrogens is 564 g/mol. The highest BCUT2D eigenvalue weighted by molar-refractivity contribution is 6.06. The molecule has 2 heterocycles. The number of nitrogens with zero attached hydrogens (tertiary/aromatic N) is 2. The first kappa shape index (κ1) is 28.0. The Bertz CT molecular complexity index is 1990. The van der Waals surface area contributed by atoms with Crippen LogP contribution in [-0.4, -0.2) is 31.8 Å². The number of pyridine rings is 1. The predicted molar refractivity (Wildman–Crippen MR) is 176 cm³/mol. The molecule has 0 fully saturated rings. The Morgan fingerprint density at radius 3 is 1.96 bits per heavy atom. The molecule has 45 heavy (non-hydrogen) atoms. The molecule has 0 saturated heterocycles. The summed E-state index contributed by atoms with van der Waals surface area (Å²) in [6, 6.07) is 37.5. The Morgan fingerprint density at radius 1 is 0.711 bits per heavy atom. The van der Waals surface area contributed by atoms with E-state index in [1.807, 2.05) is 66.7 Å². The highest BCUT2D eigenvalue weighted by Crippen LogP contribution is 2.52. The van der Waals surface area contributed by atoms with Gasteiger partial charge in [0.15, 0.2) is 11.5 Å². The summed E-state index contributed by atoms with van der Waals surface area (Å²) in [5.74, 6) is 2.53. The second kappa shape index (κ2) is 11.7. The lowest BCUT2D eigenvalue weighted by molar-refractivity contribution is 0.0526. The Balaban J connectivity index is 1.50. The van der Waals surface area contributed by atoms with Gasteiger partial charge in [-0.15, -0.1) is 0 Å². The van der Waals surface area contributed by atoms with Crippen LogP contribution in [-0.2, 0) is 4.74 Å². The number of anilines is 3. The van der Waals surface area contributed by atoms with Gasteiger partial charge in [0.05, 0.1) is 54.7 Å². The first-order valence-electron chi connectivity index (χ1n) is 14.7. The summed E-state index contributed by atoms with van der Waals surface area (Å²) in [6.45, 7) is 2.11. The molecule has 0 atom stereocenters. The van der Waals surface area contributed by atoms with Crippen molar-refractivity contribution in [2.45, 2.75) is 6.92 Å². The number of fused-ring (bicyclic) bond motifs is 3. The number of ether oxygens (including phenoxy) is 4. The molecule has 1 aromatic heterocycles. The number of carbonyl (C=O) groups excluding carboxylic acids is 1. The van der Waals surface area contributed by atoms with Crippen molar-refractivity contribution in [1.82, 2.24) is 4.98 Å². The van der Waals surface area contributed by atoms with Gasteiger partial charge >= 0.3 is 5.97 Å². The third-order valence-corrected chi connectivity index (χ3v) is 7.85. The third kappa shape index (κ3) is 5.08. The van der Waals surface area contributed by atoms with Crippen LogP contribution in [0.2, 0.25) is 0 Å². The van der Waals surface area contributed by atoms with Crippen LogP contribution in [0.5, 0.6) is 23.0 Å². The summed E-state index contributed by atoms with van der Waals surface area (Å²) in [4.78, 5) is 19.9. The highest BCUT2D eigenvalue weighted by Gasteiger charge is 2.27. The van der Waals surface area contributed by atoms with Gasteiger partial charge in [-0.05, 0) is 78.7 Å². The van der Waals surface area contributed by atoms with E-state index in [-0.39, 0.29) is 5.97 Å². The van der Waals surface area contributed by atoms with E-state index in [4.69, 9.17) is 23.9 Å². The van der Waals surface area contributed by atoms with Crippen LogP contribution >= 0.6 is 0 Å². The van der Waals surface area contributed by atoms with Crippen molar-refractivity contribution in [3.63, 3.8) is 0 Å². The van der Waals surface area contributed by atoms with E-state index >= 15 is 0 Å². The van der Waals surface area contributed by atoms with E-state index in [0.29, 0.717) is 23.7 Å². The lowest BCUT2D eigenvalue weighted by Gasteiger charge is -2.33. The Morgan fingerprint density at radius 2 is 1.33 bits per heavy atom. The highest BCUT2D eigenvalue weighted by atomic mass is 16.5. The molecule has 0 bridgehead atoms. The van der Waals surface area contributed by atoms with Crippen molar-refractivity contribution in [3.05, 3.63) is 121 Å². The normalized spacial score (nSPS) is 11.8. The Kier molecular flexibility index (Phi) is 7.27. The maximum absolute atomic E-state index is 12.4. The zero-order valence-corrected chi connectivity index (χ0v) is 25.1. The van der Waals surface area contributed by atoms with Crippen molar-refractivity contribution in [3.8, 4) is 45.4 Å². The molecule has 0 aliphatic carbocycles. The van der Waals surface area contributed by atoms with Crippen molar-refractivity contribution < 1.29 is 23.7 Å². The molecule has 5 aromatic carbocycles. The van der Waals surface area contributed by atoms with Crippen molar-refractivity contribution in [2.24, 2.45) is 0 Å². The van der Waals surface area contributed by atoms with Crippen LogP contribution in [0.3, 0.4) is 0 Å². The molecule has 0 saturated carbocycles. The minimum Gasteiger partial charge on any atom is -0.497 e. The number of methoxy groups -OCH3 is 2. The van der Waals surface area contributed by atoms with Gasteiger partial charge in [-0.1, -0.05) is 48.5 Å². The molecule has 0 unspecified atom stereocenters. The summed E-state index contributed by atoms with van der Waals surface area (Å²) >= 11 is 0. The minimum absolute atomic E-state index is 0.316. The topological polar surface area (TPSA) is 70.1 Å². The number of para-hydroxylation sites is 5. The van der Waals surface area contributed by atoms with Gasteiger partial charge in [-0.25, -0.2) is 9.78 Å². The summed E-state index contributed by atoms with van der Waals surface area (Å²) in [5, 5.41) is 0.955.